The van der Waals surface area contributed by atoms with Crippen LogP contribution in [0.4, 0.5) is 0 Å². The Morgan fingerprint density at radius 1 is 1.08 bits per heavy atom. The van der Waals surface area contributed by atoms with Gasteiger partial charge in [0.2, 0.25) is 5.91 Å². The van der Waals surface area contributed by atoms with E-state index >= 15 is 0 Å². The Morgan fingerprint density at radius 2 is 1.56 bits per heavy atom. The number of hydrogen-bond acceptors (Lipinski definition) is 4. The highest BCUT2D eigenvalue weighted by Gasteiger charge is 2.36. The van der Waals surface area contributed by atoms with Crippen LogP contribution in [0.2, 0.25) is 10.0 Å². The molecule has 0 saturated carbocycles. The van der Waals surface area contributed by atoms with E-state index in [0.29, 0.717) is 0 Å². The molecule has 0 saturated heterocycles. The second kappa shape index (κ2) is 7.14. The summed E-state index contributed by atoms with van der Waals surface area (Å²) < 4.78 is 0. The van der Waals surface area contributed by atoms with Crippen LogP contribution in [0.1, 0.15) is 54.3 Å². The number of halogens is 2. The summed E-state index contributed by atoms with van der Waals surface area (Å²) >= 11 is 11.8. The Hall–Kier alpha value is -1.92. The molecule has 0 aromatic heterocycles. The zero-order chi connectivity index (χ0) is 18.9. The molecule has 2 rings (SSSR count). The second-order valence-electron chi connectivity index (χ2n) is 6.63. The summed E-state index contributed by atoms with van der Waals surface area (Å²) in [4.78, 5) is 49.0. The van der Waals surface area contributed by atoms with Crippen molar-refractivity contribution in [2.75, 3.05) is 6.54 Å². The first-order chi connectivity index (χ1) is 11.5. The molecule has 25 heavy (non-hydrogen) atoms. The van der Waals surface area contributed by atoms with Crippen LogP contribution in [0.25, 0.3) is 0 Å². The Kier molecular flexibility index (Phi) is 5.54. The topological polar surface area (TPSA) is 83.6 Å². The zero-order valence-electron chi connectivity index (χ0n) is 14.1. The molecule has 0 spiro atoms. The first-order valence-corrected chi connectivity index (χ1v) is 8.43. The number of ketones is 1. The van der Waals surface area contributed by atoms with Crippen molar-refractivity contribution < 1.29 is 19.2 Å². The Balaban J connectivity index is 2.03. The lowest BCUT2D eigenvalue weighted by atomic mass is 9.98. The van der Waals surface area contributed by atoms with Crippen LogP contribution >= 0.6 is 23.2 Å². The molecule has 1 N–H and O–H groups in total. The fraction of sp³-hybridized carbons (Fsp3) is 0.412. The van der Waals surface area contributed by atoms with E-state index in [4.69, 9.17) is 23.2 Å². The zero-order valence-corrected chi connectivity index (χ0v) is 15.6. The molecule has 1 aromatic carbocycles. The standard InChI is InChI=1S/C17H18Cl2N2O4/c1-9(22)8-17(2,3)20-14(23)4-5-21-15(24)10-6-12(18)13(19)7-11(10)16(21)25/h6-7H,4-5,8H2,1-3H3,(H,20,23). The van der Waals surface area contributed by atoms with Crippen LogP contribution in [0, 0.1) is 0 Å². The number of carbonyl (C=O) groups is 4. The van der Waals surface area contributed by atoms with Gasteiger partial charge >= 0.3 is 0 Å². The van der Waals surface area contributed by atoms with Gasteiger partial charge < -0.3 is 5.32 Å². The highest BCUT2D eigenvalue weighted by molar-refractivity contribution is 6.43. The van der Waals surface area contributed by atoms with E-state index in [1.54, 1.807) is 13.8 Å². The number of imide groups is 1. The maximum absolute atomic E-state index is 12.3. The van der Waals surface area contributed by atoms with Crippen LogP contribution in [-0.2, 0) is 9.59 Å². The fourth-order valence-corrected chi connectivity index (χ4v) is 3.13. The van der Waals surface area contributed by atoms with Crippen LogP contribution in [0.15, 0.2) is 12.1 Å². The minimum Gasteiger partial charge on any atom is -0.351 e. The fourth-order valence-electron chi connectivity index (χ4n) is 2.81. The van der Waals surface area contributed by atoms with E-state index in [9.17, 15) is 19.2 Å². The normalized spacial score (nSPS) is 13.9. The quantitative estimate of drug-likeness (QED) is 0.764. The number of amides is 3. The Bertz CT molecular complexity index is 733. The lowest BCUT2D eigenvalue weighted by Crippen LogP contribution is -2.45. The third-order valence-electron chi connectivity index (χ3n) is 3.74. The van der Waals surface area contributed by atoms with Gasteiger partial charge in [0, 0.05) is 24.9 Å². The van der Waals surface area contributed by atoms with Gasteiger partial charge in [0.15, 0.2) is 0 Å². The number of benzene rings is 1. The number of hydrogen-bond donors (Lipinski definition) is 1. The molecule has 8 heteroatoms. The highest BCUT2D eigenvalue weighted by Crippen LogP contribution is 2.31. The van der Waals surface area contributed by atoms with Gasteiger partial charge in [-0.1, -0.05) is 23.2 Å². The molecular weight excluding hydrogens is 367 g/mol. The van der Waals surface area contributed by atoms with Crippen molar-refractivity contribution in [1.29, 1.82) is 0 Å². The van der Waals surface area contributed by atoms with Gasteiger partial charge in [-0.3, -0.25) is 24.1 Å². The van der Waals surface area contributed by atoms with Crippen LogP contribution in [0.3, 0.4) is 0 Å². The number of rotatable bonds is 6. The van der Waals surface area contributed by atoms with Crippen molar-refractivity contribution in [2.24, 2.45) is 0 Å². The van der Waals surface area contributed by atoms with E-state index in [2.05, 4.69) is 5.32 Å². The van der Waals surface area contributed by atoms with Crippen molar-refractivity contribution >= 4 is 46.7 Å². The first-order valence-electron chi connectivity index (χ1n) is 7.67. The molecule has 1 aliphatic heterocycles. The monoisotopic (exact) mass is 384 g/mol. The molecule has 1 heterocycles. The maximum atomic E-state index is 12.3. The molecule has 0 aliphatic carbocycles. The van der Waals surface area contributed by atoms with Crippen LogP contribution in [-0.4, -0.2) is 40.5 Å². The molecule has 0 atom stereocenters. The van der Waals surface area contributed by atoms with Crippen molar-refractivity contribution in [3.8, 4) is 0 Å². The predicted octanol–water partition coefficient (Wildman–Crippen LogP) is 2.85. The molecular formula is C17H18Cl2N2O4. The second-order valence-corrected chi connectivity index (χ2v) is 7.45. The van der Waals surface area contributed by atoms with Gasteiger partial charge in [-0.15, -0.1) is 0 Å². The smallest absolute Gasteiger partial charge is 0.261 e. The molecule has 134 valence electrons. The molecule has 1 aliphatic rings. The third kappa shape index (κ3) is 4.38. The Morgan fingerprint density at radius 3 is 2.00 bits per heavy atom. The van der Waals surface area contributed by atoms with Crippen molar-refractivity contribution in [1.82, 2.24) is 10.2 Å². The van der Waals surface area contributed by atoms with Gasteiger partial charge in [0.05, 0.1) is 21.2 Å². The molecule has 6 nitrogen and oxygen atoms in total. The highest BCUT2D eigenvalue weighted by atomic mass is 35.5. The van der Waals surface area contributed by atoms with Gasteiger partial charge in [-0.2, -0.15) is 0 Å². The van der Waals surface area contributed by atoms with E-state index in [-0.39, 0.29) is 52.2 Å². The molecule has 0 bridgehead atoms. The number of carbonyl (C=O) groups excluding carboxylic acids is 4. The van der Waals surface area contributed by atoms with E-state index in [0.717, 1.165) is 4.90 Å². The maximum Gasteiger partial charge on any atom is 0.261 e. The summed E-state index contributed by atoms with van der Waals surface area (Å²) in [5.74, 6) is -1.40. The van der Waals surface area contributed by atoms with E-state index < -0.39 is 17.4 Å². The van der Waals surface area contributed by atoms with E-state index in [1.165, 1.54) is 19.1 Å². The SMILES string of the molecule is CC(=O)CC(C)(C)NC(=O)CCN1C(=O)c2cc(Cl)c(Cl)cc2C1=O. The summed E-state index contributed by atoms with van der Waals surface area (Å²) in [7, 11) is 0. The summed E-state index contributed by atoms with van der Waals surface area (Å²) in [6.45, 7) is 4.85. The minimum absolute atomic E-state index is 0.0422. The number of Topliss-reactive ketones (excluding diaryl/α,β-unsaturated/α-hetero) is 1. The molecule has 0 unspecified atom stereocenters. The summed E-state index contributed by atoms with van der Waals surface area (Å²) in [5, 5.41) is 3.10. The average molecular weight is 385 g/mol. The summed E-state index contributed by atoms with van der Waals surface area (Å²) in [5.41, 5.74) is -0.334. The van der Waals surface area contributed by atoms with Gasteiger partial charge in [-0.05, 0) is 32.9 Å². The molecule has 3 amide bonds. The van der Waals surface area contributed by atoms with Crippen molar-refractivity contribution in [3.63, 3.8) is 0 Å². The molecule has 1 aromatic rings. The minimum atomic E-state index is -0.689. The van der Waals surface area contributed by atoms with Crippen LogP contribution < -0.4 is 5.32 Å². The number of nitrogens with zero attached hydrogens (tertiary/aromatic N) is 1. The van der Waals surface area contributed by atoms with Gasteiger partial charge in [0.25, 0.3) is 11.8 Å². The molecule has 0 radical (unpaired) electrons. The number of nitrogens with one attached hydrogen (secondary N) is 1. The van der Waals surface area contributed by atoms with Crippen molar-refractivity contribution in [3.05, 3.63) is 33.3 Å². The van der Waals surface area contributed by atoms with Gasteiger partial charge in [0.1, 0.15) is 5.78 Å². The lowest BCUT2D eigenvalue weighted by molar-refractivity contribution is -0.123. The lowest BCUT2D eigenvalue weighted by Gasteiger charge is -2.25. The van der Waals surface area contributed by atoms with Crippen molar-refractivity contribution in [2.45, 2.75) is 39.2 Å². The summed E-state index contributed by atoms with van der Waals surface area (Å²) in [6.07, 6.45) is 0.136. The largest absolute Gasteiger partial charge is 0.351 e. The molecule has 0 fully saturated rings. The van der Waals surface area contributed by atoms with Crippen LogP contribution in [0.5, 0.6) is 0 Å². The van der Waals surface area contributed by atoms with Gasteiger partial charge in [-0.25, -0.2) is 0 Å². The summed E-state index contributed by atoms with van der Waals surface area (Å²) in [6, 6.07) is 2.71. The first kappa shape index (κ1) is 19.4. The Labute approximate surface area is 155 Å². The van der Waals surface area contributed by atoms with E-state index in [1.807, 2.05) is 0 Å². The predicted molar refractivity (Wildman–Crippen MR) is 94.0 cm³/mol. The third-order valence-corrected chi connectivity index (χ3v) is 4.46. The average Bonchev–Trinajstić information content (AvgIpc) is 2.67. The number of fused-ring (bicyclic) bond motifs is 1.